The Morgan fingerprint density at radius 3 is 2.32 bits per heavy atom. The lowest BCUT2D eigenvalue weighted by atomic mass is 10.3. The average molecular weight is 306 g/mol. The number of nitrogens with zero attached hydrogens (tertiary/aromatic N) is 5. The van der Waals surface area contributed by atoms with Crippen molar-refractivity contribution < 1.29 is 4.79 Å². The Labute approximate surface area is 125 Å². The molecule has 22 heavy (non-hydrogen) atoms. The first kappa shape index (κ1) is 14.4. The Morgan fingerprint density at radius 2 is 1.73 bits per heavy atom. The summed E-state index contributed by atoms with van der Waals surface area (Å²) in [6.07, 6.45) is 0. The second-order valence-corrected chi connectivity index (χ2v) is 5.45. The zero-order valence-electron chi connectivity index (χ0n) is 12.8. The van der Waals surface area contributed by atoms with Gasteiger partial charge in [0.15, 0.2) is 11.2 Å². The minimum absolute atomic E-state index is 0.0588. The second-order valence-electron chi connectivity index (χ2n) is 5.45. The molecule has 0 bridgehead atoms. The fourth-order valence-electron chi connectivity index (χ4n) is 2.80. The lowest BCUT2D eigenvalue weighted by Crippen LogP contribution is -2.48. The molecule has 1 aliphatic heterocycles. The van der Waals surface area contributed by atoms with Crippen molar-refractivity contribution in [2.24, 2.45) is 14.1 Å². The van der Waals surface area contributed by atoms with Crippen molar-refractivity contribution in [1.29, 1.82) is 0 Å². The molecule has 9 nitrogen and oxygen atoms in total. The summed E-state index contributed by atoms with van der Waals surface area (Å²) in [4.78, 5) is 45.6. The summed E-state index contributed by atoms with van der Waals surface area (Å²) in [5.74, 6) is 0.688. The van der Waals surface area contributed by atoms with Crippen LogP contribution in [0.25, 0.3) is 11.2 Å². The van der Waals surface area contributed by atoms with E-state index in [0.717, 1.165) is 0 Å². The van der Waals surface area contributed by atoms with Crippen LogP contribution in [0.4, 0.5) is 5.95 Å². The van der Waals surface area contributed by atoms with E-state index >= 15 is 0 Å². The number of H-pyrrole nitrogens is 1. The van der Waals surface area contributed by atoms with E-state index in [9.17, 15) is 14.4 Å². The number of imidazole rings is 1. The Balaban J connectivity index is 2.03. The van der Waals surface area contributed by atoms with Gasteiger partial charge in [-0.05, 0) is 0 Å². The number of piperazine rings is 1. The molecule has 1 saturated heterocycles. The number of aromatic nitrogens is 4. The van der Waals surface area contributed by atoms with Crippen molar-refractivity contribution in [1.82, 2.24) is 24.0 Å². The number of hydrogen-bond donors (Lipinski definition) is 1. The molecule has 9 heteroatoms. The summed E-state index contributed by atoms with van der Waals surface area (Å²) >= 11 is 0. The van der Waals surface area contributed by atoms with Gasteiger partial charge in [0.1, 0.15) is 0 Å². The molecule has 0 spiro atoms. The smallest absolute Gasteiger partial charge is 0.329 e. The highest BCUT2D eigenvalue weighted by atomic mass is 16.2. The summed E-state index contributed by atoms with van der Waals surface area (Å²) in [5.41, 5.74) is -0.198. The van der Waals surface area contributed by atoms with E-state index in [-0.39, 0.29) is 5.91 Å². The first-order chi connectivity index (χ1) is 10.4. The van der Waals surface area contributed by atoms with Crippen LogP contribution < -0.4 is 16.1 Å². The van der Waals surface area contributed by atoms with Gasteiger partial charge in [-0.1, -0.05) is 0 Å². The summed E-state index contributed by atoms with van der Waals surface area (Å²) in [5, 5.41) is 0. The molecular formula is C13H18N6O3. The van der Waals surface area contributed by atoms with E-state index < -0.39 is 11.2 Å². The molecule has 1 amide bonds. The average Bonchev–Trinajstić information content (AvgIpc) is 2.83. The molecule has 1 N–H and O–H groups in total. The highest BCUT2D eigenvalue weighted by Gasteiger charge is 2.24. The molecule has 0 atom stereocenters. The Hall–Kier alpha value is -2.58. The van der Waals surface area contributed by atoms with Crippen LogP contribution in [0.2, 0.25) is 0 Å². The van der Waals surface area contributed by atoms with Crippen molar-refractivity contribution in [3.63, 3.8) is 0 Å². The fraction of sp³-hybridized carbons (Fsp3) is 0.538. The summed E-state index contributed by atoms with van der Waals surface area (Å²) in [6.45, 7) is 4.08. The molecule has 2 aromatic heterocycles. The maximum absolute atomic E-state index is 12.0. The number of carbonyl (C=O) groups excluding carboxylic acids is 1. The zero-order chi connectivity index (χ0) is 16.0. The van der Waals surface area contributed by atoms with Crippen LogP contribution in [0, 0.1) is 0 Å². The molecule has 0 aromatic carbocycles. The van der Waals surface area contributed by atoms with Crippen molar-refractivity contribution in [2.75, 3.05) is 31.1 Å². The zero-order valence-corrected chi connectivity index (χ0v) is 12.8. The monoisotopic (exact) mass is 306 g/mol. The van der Waals surface area contributed by atoms with Gasteiger partial charge in [-0.25, -0.2) is 4.79 Å². The number of anilines is 1. The number of fused-ring (bicyclic) bond motifs is 1. The fourth-order valence-corrected chi connectivity index (χ4v) is 2.80. The lowest BCUT2D eigenvalue weighted by Gasteiger charge is -2.34. The van der Waals surface area contributed by atoms with E-state index in [1.165, 1.54) is 4.57 Å². The number of amides is 1. The molecule has 0 unspecified atom stereocenters. The van der Waals surface area contributed by atoms with Gasteiger partial charge in [0.2, 0.25) is 11.9 Å². The Kier molecular flexibility index (Phi) is 3.27. The number of hydrogen-bond acceptors (Lipinski definition) is 5. The second kappa shape index (κ2) is 5.00. The maximum atomic E-state index is 12.0. The van der Waals surface area contributed by atoms with E-state index in [0.29, 0.717) is 43.3 Å². The number of rotatable bonds is 1. The largest absolute Gasteiger partial charge is 0.339 e. The van der Waals surface area contributed by atoms with Gasteiger partial charge in [0, 0.05) is 47.2 Å². The molecule has 3 rings (SSSR count). The number of carbonyl (C=O) groups is 1. The van der Waals surface area contributed by atoms with Crippen LogP contribution in [0.5, 0.6) is 0 Å². The summed E-state index contributed by atoms with van der Waals surface area (Å²) in [7, 11) is 3.33. The van der Waals surface area contributed by atoms with Crippen molar-refractivity contribution in [3.05, 3.63) is 20.8 Å². The van der Waals surface area contributed by atoms with Gasteiger partial charge in [-0.15, -0.1) is 0 Å². The van der Waals surface area contributed by atoms with Crippen molar-refractivity contribution >= 4 is 23.0 Å². The van der Waals surface area contributed by atoms with Crippen LogP contribution in [0.15, 0.2) is 9.59 Å². The minimum Gasteiger partial charge on any atom is -0.339 e. The highest BCUT2D eigenvalue weighted by Crippen LogP contribution is 2.19. The van der Waals surface area contributed by atoms with Crippen LogP contribution in [0.1, 0.15) is 6.92 Å². The third kappa shape index (κ3) is 2.09. The first-order valence-electron chi connectivity index (χ1n) is 7.06. The normalized spacial score (nSPS) is 15.6. The van der Waals surface area contributed by atoms with E-state index in [1.807, 2.05) is 4.90 Å². The van der Waals surface area contributed by atoms with Crippen molar-refractivity contribution in [2.45, 2.75) is 6.92 Å². The molecular weight excluding hydrogens is 288 g/mol. The van der Waals surface area contributed by atoms with Gasteiger partial charge in [-0.3, -0.25) is 19.1 Å². The van der Waals surface area contributed by atoms with Gasteiger partial charge in [-0.2, -0.15) is 4.98 Å². The van der Waals surface area contributed by atoms with E-state index in [4.69, 9.17) is 0 Å². The van der Waals surface area contributed by atoms with Crippen molar-refractivity contribution in [3.8, 4) is 0 Å². The van der Waals surface area contributed by atoms with Crippen LogP contribution >= 0.6 is 0 Å². The van der Waals surface area contributed by atoms with Gasteiger partial charge in [0.25, 0.3) is 5.56 Å². The number of aromatic amines is 1. The van der Waals surface area contributed by atoms with E-state index in [2.05, 4.69) is 9.97 Å². The first-order valence-corrected chi connectivity index (χ1v) is 7.06. The highest BCUT2D eigenvalue weighted by molar-refractivity contribution is 5.75. The molecule has 118 valence electrons. The number of nitrogens with one attached hydrogen (secondary N) is 1. The molecule has 0 saturated carbocycles. The van der Waals surface area contributed by atoms with Crippen LogP contribution in [-0.2, 0) is 18.9 Å². The molecule has 0 radical (unpaired) electrons. The molecule has 2 aromatic rings. The van der Waals surface area contributed by atoms with Crippen LogP contribution in [-0.4, -0.2) is 56.1 Å². The SMILES string of the molecule is CC(=O)N1CCN(c2nc3c(c(=O)[nH]c(=O)n3C)n2C)CC1. The Bertz CT molecular complexity index is 853. The summed E-state index contributed by atoms with van der Waals surface area (Å²) in [6, 6.07) is 0. The third-order valence-electron chi connectivity index (χ3n) is 4.12. The van der Waals surface area contributed by atoms with Crippen LogP contribution in [0.3, 0.4) is 0 Å². The van der Waals surface area contributed by atoms with Gasteiger partial charge < -0.3 is 14.4 Å². The summed E-state index contributed by atoms with van der Waals surface area (Å²) < 4.78 is 3.02. The topological polar surface area (TPSA) is 96.2 Å². The predicted octanol–water partition coefficient (Wildman–Crippen LogP) is -1.37. The maximum Gasteiger partial charge on any atom is 0.329 e. The van der Waals surface area contributed by atoms with Gasteiger partial charge in [0.05, 0.1) is 0 Å². The minimum atomic E-state index is -0.483. The molecule has 0 aliphatic carbocycles. The standard InChI is InChI=1S/C13H18N6O3/c1-8(20)18-4-6-19(7-5-18)12-14-10-9(16(12)2)11(21)15-13(22)17(10)3/h4-7H2,1-3H3,(H,15,21,22). The molecule has 1 aliphatic rings. The van der Waals surface area contributed by atoms with E-state index in [1.54, 1.807) is 30.5 Å². The van der Waals surface area contributed by atoms with Gasteiger partial charge >= 0.3 is 5.69 Å². The lowest BCUT2D eigenvalue weighted by molar-refractivity contribution is -0.129. The number of aryl methyl sites for hydroxylation is 2. The predicted molar refractivity (Wildman–Crippen MR) is 81.0 cm³/mol. The third-order valence-corrected chi connectivity index (χ3v) is 4.12. The molecule has 1 fully saturated rings. The Morgan fingerprint density at radius 1 is 1.09 bits per heavy atom. The molecule has 3 heterocycles. The quantitative estimate of drug-likeness (QED) is 0.701.